The molecule has 10 heteroatoms. The van der Waals surface area contributed by atoms with Crippen molar-refractivity contribution in [2.24, 2.45) is 4.99 Å². The quantitative estimate of drug-likeness (QED) is 0.337. The van der Waals surface area contributed by atoms with Gasteiger partial charge in [0.1, 0.15) is 5.75 Å². The smallest absolute Gasteiger partial charge is 0.338 e. The Morgan fingerprint density at radius 3 is 2.49 bits per heavy atom. The Hall–Kier alpha value is -4.70. The number of thiazole rings is 1. The van der Waals surface area contributed by atoms with Gasteiger partial charge < -0.3 is 19.1 Å². The number of ether oxygens (including phenoxy) is 2. The Balaban J connectivity index is 1.67. The van der Waals surface area contributed by atoms with Crippen molar-refractivity contribution in [3.8, 4) is 11.4 Å². The van der Waals surface area contributed by atoms with Gasteiger partial charge in [0.05, 0.1) is 41.1 Å². The third-order valence-corrected chi connectivity index (χ3v) is 8.04. The third kappa shape index (κ3) is 5.02. The highest BCUT2D eigenvalue weighted by molar-refractivity contribution is 7.07. The predicted octanol–water partition coefficient (Wildman–Crippen LogP) is 3.91. The predicted molar refractivity (Wildman–Crippen MR) is 156 cm³/mol. The molecule has 1 aliphatic heterocycles. The van der Waals surface area contributed by atoms with Crippen molar-refractivity contribution in [2.75, 3.05) is 13.7 Å². The molecule has 2 aromatic carbocycles. The topological polar surface area (TPSA) is 112 Å². The van der Waals surface area contributed by atoms with Gasteiger partial charge in [-0.3, -0.25) is 9.36 Å². The van der Waals surface area contributed by atoms with Crippen LogP contribution in [0.2, 0.25) is 0 Å². The molecule has 0 saturated carbocycles. The van der Waals surface area contributed by atoms with E-state index in [1.54, 1.807) is 55.9 Å². The minimum absolute atomic E-state index is 0.194. The molecule has 0 spiro atoms. The summed E-state index contributed by atoms with van der Waals surface area (Å²) >= 11 is 1.26. The summed E-state index contributed by atoms with van der Waals surface area (Å²) in [5.74, 6) is -0.901. The molecule has 0 bridgehead atoms. The van der Waals surface area contributed by atoms with E-state index < -0.39 is 18.0 Å². The Bertz CT molecular complexity index is 1890. The number of esters is 1. The first-order valence-electron chi connectivity index (χ1n) is 13.0. The van der Waals surface area contributed by atoms with E-state index in [0.717, 1.165) is 22.6 Å². The fraction of sp³-hybridized carbons (Fsp3) is 0.226. The number of rotatable bonds is 7. The Morgan fingerprint density at radius 2 is 1.83 bits per heavy atom. The van der Waals surface area contributed by atoms with Gasteiger partial charge >= 0.3 is 11.9 Å². The summed E-state index contributed by atoms with van der Waals surface area (Å²) in [6, 6.07) is 15.2. The summed E-state index contributed by atoms with van der Waals surface area (Å²) < 4.78 is 14.8. The average Bonchev–Trinajstić information content (AvgIpc) is 3.41. The molecule has 1 aliphatic rings. The van der Waals surface area contributed by atoms with Crippen molar-refractivity contribution in [3.63, 3.8) is 0 Å². The lowest BCUT2D eigenvalue weighted by Crippen LogP contribution is -2.39. The second-order valence-electron chi connectivity index (χ2n) is 9.59. The van der Waals surface area contributed by atoms with Crippen LogP contribution in [0.4, 0.5) is 0 Å². The second kappa shape index (κ2) is 11.1. The van der Waals surface area contributed by atoms with E-state index >= 15 is 0 Å². The Labute approximate surface area is 239 Å². The highest BCUT2D eigenvalue weighted by Crippen LogP contribution is 2.32. The van der Waals surface area contributed by atoms with Crippen molar-refractivity contribution in [1.82, 2.24) is 9.13 Å². The number of carboxylic acids is 1. The van der Waals surface area contributed by atoms with Crippen LogP contribution < -0.4 is 19.6 Å². The number of allylic oxidation sites excluding steroid dienone is 1. The van der Waals surface area contributed by atoms with E-state index in [1.807, 2.05) is 48.8 Å². The average molecular weight is 572 g/mol. The number of carboxylic acid groups (broad SMARTS) is 1. The molecular weight excluding hydrogens is 542 g/mol. The normalized spacial score (nSPS) is 15.0. The number of fused-ring (bicyclic) bond motifs is 1. The van der Waals surface area contributed by atoms with Gasteiger partial charge in [0, 0.05) is 17.1 Å². The lowest BCUT2D eigenvalue weighted by Gasteiger charge is -2.25. The van der Waals surface area contributed by atoms with Crippen LogP contribution >= 0.6 is 11.3 Å². The number of hydrogen-bond acceptors (Lipinski definition) is 7. The molecule has 4 aromatic rings. The standard InChI is InChI=1S/C31H29N3O6S/c1-6-40-30(38)26-18(3)32-31-34(27(26)21-8-7-9-24(15-21)39-5)28(35)25(41-31)16-22-14-17(2)33(19(22)4)23-12-10-20(11-13-23)29(36)37/h7-16,27H,6H2,1-5H3,(H,36,37)/b25-16+/t27-/m0/s1. The largest absolute Gasteiger partial charge is 0.497 e. The van der Waals surface area contributed by atoms with Crippen molar-refractivity contribution in [2.45, 2.75) is 33.7 Å². The Morgan fingerprint density at radius 1 is 1.10 bits per heavy atom. The number of aromatic nitrogens is 2. The van der Waals surface area contributed by atoms with Gasteiger partial charge in [0.25, 0.3) is 5.56 Å². The third-order valence-electron chi connectivity index (χ3n) is 7.06. The van der Waals surface area contributed by atoms with Gasteiger partial charge in [-0.2, -0.15) is 0 Å². The molecule has 0 radical (unpaired) electrons. The second-order valence-corrected chi connectivity index (χ2v) is 10.6. The molecule has 0 fully saturated rings. The Kier molecular flexibility index (Phi) is 7.51. The van der Waals surface area contributed by atoms with Gasteiger partial charge in [-0.1, -0.05) is 23.5 Å². The van der Waals surface area contributed by atoms with Crippen molar-refractivity contribution < 1.29 is 24.2 Å². The molecule has 3 heterocycles. The molecule has 2 aromatic heterocycles. The minimum Gasteiger partial charge on any atom is -0.497 e. The van der Waals surface area contributed by atoms with Crippen LogP contribution in [0.25, 0.3) is 11.8 Å². The molecular formula is C31H29N3O6S. The summed E-state index contributed by atoms with van der Waals surface area (Å²) in [7, 11) is 1.56. The fourth-order valence-electron chi connectivity index (χ4n) is 5.14. The van der Waals surface area contributed by atoms with E-state index in [0.29, 0.717) is 31.9 Å². The number of benzene rings is 2. The van der Waals surface area contributed by atoms with Gasteiger partial charge in [-0.25, -0.2) is 14.6 Å². The molecule has 1 atom stereocenters. The maximum Gasteiger partial charge on any atom is 0.338 e. The van der Waals surface area contributed by atoms with Crippen LogP contribution in [-0.2, 0) is 9.53 Å². The van der Waals surface area contributed by atoms with Crippen LogP contribution in [0.15, 0.2) is 75.7 Å². The monoisotopic (exact) mass is 571 g/mol. The SMILES string of the molecule is CCOC(=O)C1=C(C)N=c2s/c(=C/c3cc(C)n(-c4ccc(C(=O)O)cc4)c3C)c(=O)n2[C@H]1c1cccc(OC)c1. The number of hydrogen-bond donors (Lipinski definition) is 1. The van der Waals surface area contributed by atoms with E-state index in [-0.39, 0.29) is 17.7 Å². The molecule has 0 unspecified atom stereocenters. The molecule has 0 amide bonds. The highest BCUT2D eigenvalue weighted by atomic mass is 32.1. The maximum absolute atomic E-state index is 14.0. The van der Waals surface area contributed by atoms with Crippen molar-refractivity contribution in [1.29, 1.82) is 0 Å². The first kappa shape index (κ1) is 27.9. The summed E-state index contributed by atoms with van der Waals surface area (Å²) in [6.07, 6.45) is 1.83. The zero-order valence-corrected chi connectivity index (χ0v) is 24.1. The number of carbonyl (C=O) groups excluding carboxylic acids is 1. The fourth-order valence-corrected chi connectivity index (χ4v) is 6.18. The van der Waals surface area contributed by atoms with Crippen molar-refractivity contribution in [3.05, 3.63) is 114 Å². The molecule has 41 heavy (non-hydrogen) atoms. The molecule has 0 saturated heterocycles. The zero-order chi connectivity index (χ0) is 29.4. The van der Waals surface area contributed by atoms with Crippen molar-refractivity contribution >= 4 is 29.4 Å². The first-order chi connectivity index (χ1) is 19.6. The number of nitrogens with zero attached hydrogens (tertiary/aromatic N) is 3. The first-order valence-corrected chi connectivity index (χ1v) is 13.8. The number of methoxy groups -OCH3 is 1. The van der Waals surface area contributed by atoms with Gasteiger partial charge in [-0.05, 0) is 87.4 Å². The maximum atomic E-state index is 14.0. The minimum atomic E-state index is -0.984. The van der Waals surface area contributed by atoms with E-state index in [9.17, 15) is 19.5 Å². The van der Waals surface area contributed by atoms with E-state index in [1.165, 1.54) is 11.3 Å². The van der Waals surface area contributed by atoms with Crippen LogP contribution in [0.5, 0.6) is 5.75 Å². The lowest BCUT2D eigenvalue weighted by atomic mass is 9.95. The van der Waals surface area contributed by atoms with Gasteiger partial charge in [0.15, 0.2) is 4.80 Å². The zero-order valence-electron chi connectivity index (χ0n) is 23.3. The molecule has 5 rings (SSSR count). The lowest BCUT2D eigenvalue weighted by molar-refractivity contribution is -0.139. The number of aromatic carboxylic acids is 1. The van der Waals surface area contributed by atoms with Gasteiger partial charge in [0.2, 0.25) is 0 Å². The van der Waals surface area contributed by atoms with E-state index in [4.69, 9.17) is 9.47 Å². The summed E-state index contributed by atoms with van der Waals surface area (Å²) in [6.45, 7) is 7.58. The number of aryl methyl sites for hydroxylation is 1. The highest BCUT2D eigenvalue weighted by Gasteiger charge is 2.33. The molecule has 9 nitrogen and oxygen atoms in total. The van der Waals surface area contributed by atoms with Crippen LogP contribution in [0.3, 0.4) is 0 Å². The van der Waals surface area contributed by atoms with Crippen LogP contribution in [-0.4, -0.2) is 39.9 Å². The molecule has 210 valence electrons. The van der Waals surface area contributed by atoms with Gasteiger partial charge in [-0.15, -0.1) is 0 Å². The molecule has 0 aliphatic carbocycles. The number of carbonyl (C=O) groups is 2. The van der Waals surface area contributed by atoms with Crippen LogP contribution in [0, 0.1) is 13.8 Å². The summed E-state index contributed by atoms with van der Waals surface area (Å²) in [5, 5.41) is 9.24. The van der Waals surface area contributed by atoms with E-state index in [2.05, 4.69) is 4.99 Å². The summed E-state index contributed by atoms with van der Waals surface area (Å²) in [4.78, 5) is 43.5. The van der Waals surface area contributed by atoms with Crippen LogP contribution in [0.1, 0.15) is 52.8 Å². The molecule has 1 N–H and O–H groups in total. The summed E-state index contributed by atoms with van der Waals surface area (Å²) in [5.41, 5.74) is 4.93.